The Hall–Kier alpha value is -3.74. The topological polar surface area (TPSA) is 94.2 Å². The number of rotatable bonds is 9. The Morgan fingerprint density at radius 1 is 1.09 bits per heavy atom. The van der Waals surface area contributed by atoms with E-state index in [0.29, 0.717) is 24.2 Å². The van der Waals surface area contributed by atoms with E-state index in [4.69, 9.17) is 0 Å². The maximum atomic E-state index is 12.9. The molecule has 0 saturated heterocycles. The molecule has 0 fully saturated rings. The second-order valence-corrected chi connectivity index (χ2v) is 7.51. The molecule has 0 amide bonds. The van der Waals surface area contributed by atoms with Gasteiger partial charge in [0.15, 0.2) is 0 Å². The van der Waals surface area contributed by atoms with Gasteiger partial charge in [-0.25, -0.2) is 9.59 Å². The van der Waals surface area contributed by atoms with E-state index in [1.165, 1.54) is 4.57 Å². The number of aromatic nitrogens is 3. The van der Waals surface area contributed by atoms with Crippen molar-refractivity contribution >= 4 is 11.9 Å². The van der Waals surface area contributed by atoms with Crippen LogP contribution < -0.4 is 5.69 Å². The molecule has 7 heteroatoms. The molecule has 0 aliphatic carbocycles. The number of carbonyl (C=O) groups excluding carboxylic acids is 1. The highest BCUT2D eigenvalue weighted by Gasteiger charge is 2.18. The molecule has 0 radical (unpaired) electrons. The molecule has 0 aliphatic heterocycles. The first-order valence-electron chi connectivity index (χ1n) is 10.7. The van der Waals surface area contributed by atoms with Gasteiger partial charge in [0.25, 0.3) is 5.91 Å². The Balaban J connectivity index is 1.91. The van der Waals surface area contributed by atoms with Gasteiger partial charge >= 0.3 is 11.7 Å². The zero-order valence-corrected chi connectivity index (χ0v) is 18.3. The third kappa shape index (κ3) is 5.11. The Morgan fingerprint density at radius 3 is 2.47 bits per heavy atom. The van der Waals surface area contributed by atoms with Gasteiger partial charge in [-0.3, -0.25) is 9.36 Å². The third-order valence-electron chi connectivity index (χ3n) is 5.22. The smallest absolute Gasteiger partial charge is 0.353 e. The number of benzene rings is 2. The van der Waals surface area contributed by atoms with Crippen LogP contribution in [0, 0.1) is 0 Å². The van der Waals surface area contributed by atoms with E-state index in [0.717, 1.165) is 22.2 Å². The van der Waals surface area contributed by atoms with Crippen LogP contribution in [0.1, 0.15) is 59.7 Å². The van der Waals surface area contributed by atoms with E-state index in [2.05, 4.69) is 5.10 Å². The van der Waals surface area contributed by atoms with Gasteiger partial charge < -0.3 is 5.11 Å². The number of hydrogen-bond acceptors (Lipinski definition) is 4. The Labute approximate surface area is 186 Å². The highest BCUT2D eigenvalue weighted by molar-refractivity contribution is 5.96. The lowest BCUT2D eigenvalue weighted by Crippen LogP contribution is -2.30. The number of hydrogen-bond donors (Lipinski definition) is 1. The summed E-state index contributed by atoms with van der Waals surface area (Å²) >= 11 is 0. The van der Waals surface area contributed by atoms with E-state index in [-0.39, 0.29) is 24.4 Å². The van der Waals surface area contributed by atoms with Crippen LogP contribution in [0.15, 0.2) is 65.5 Å². The molecule has 1 aromatic heterocycles. The maximum Gasteiger partial charge on any atom is 0.353 e. The fourth-order valence-electron chi connectivity index (χ4n) is 3.46. The van der Waals surface area contributed by atoms with Crippen molar-refractivity contribution in [3.8, 4) is 11.1 Å². The molecule has 0 saturated carbocycles. The molecule has 1 N–H and O–H groups in total. The van der Waals surface area contributed by atoms with Crippen molar-refractivity contribution in [2.75, 3.05) is 0 Å². The summed E-state index contributed by atoms with van der Waals surface area (Å²) in [6, 6.07) is 14.2. The fourth-order valence-corrected chi connectivity index (χ4v) is 3.46. The summed E-state index contributed by atoms with van der Waals surface area (Å²) in [7, 11) is 0. The van der Waals surface area contributed by atoms with E-state index < -0.39 is 11.7 Å². The van der Waals surface area contributed by atoms with E-state index >= 15 is 0 Å². The average Bonchev–Trinajstić information content (AvgIpc) is 3.11. The highest BCUT2D eigenvalue weighted by Crippen LogP contribution is 2.24. The monoisotopic (exact) mass is 433 g/mol. The number of allylic oxidation sites excluding steroid dienone is 2. The van der Waals surface area contributed by atoms with Crippen molar-refractivity contribution < 1.29 is 14.7 Å². The highest BCUT2D eigenvalue weighted by atomic mass is 16.4. The van der Waals surface area contributed by atoms with Crippen molar-refractivity contribution in [2.24, 2.45) is 0 Å². The number of aromatic carboxylic acids is 1. The summed E-state index contributed by atoms with van der Waals surface area (Å²) < 4.78 is 2.50. The van der Waals surface area contributed by atoms with Crippen molar-refractivity contribution in [1.29, 1.82) is 0 Å². The summed E-state index contributed by atoms with van der Waals surface area (Å²) in [5, 5.41) is 13.7. The molecule has 0 atom stereocenters. The minimum atomic E-state index is -0.981. The number of carboxylic acid groups (broad SMARTS) is 1. The number of carbonyl (C=O) groups is 2. The standard InChI is InChI=1S/C25H27N3O4/c1-3-5-11-22-26-28(23(29)12-6-4-2)25(32)27(22)17-18-13-15-19(16-14-18)20-9-7-8-10-21(20)24(30)31/h3,5,7-10,13-16H,4,6,11-12,17H2,1-2H3,(H,30,31). The number of carboxylic acids is 1. The lowest BCUT2D eigenvalue weighted by atomic mass is 9.99. The second kappa shape index (κ2) is 10.5. The number of nitrogens with zero attached hydrogens (tertiary/aromatic N) is 3. The molecule has 2 aromatic carbocycles. The zero-order chi connectivity index (χ0) is 23.1. The summed E-state index contributed by atoms with van der Waals surface area (Å²) in [5.74, 6) is -0.749. The van der Waals surface area contributed by atoms with Crippen LogP contribution in [-0.4, -0.2) is 31.3 Å². The molecule has 166 valence electrons. The van der Waals surface area contributed by atoms with Crippen LogP contribution in [0.25, 0.3) is 11.1 Å². The van der Waals surface area contributed by atoms with Crippen molar-refractivity contribution in [1.82, 2.24) is 14.3 Å². The predicted molar refractivity (Wildman–Crippen MR) is 123 cm³/mol. The first-order chi connectivity index (χ1) is 15.5. The minimum Gasteiger partial charge on any atom is -0.478 e. The van der Waals surface area contributed by atoms with E-state index in [1.807, 2.05) is 50.3 Å². The minimum absolute atomic E-state index is 0.233. The van der Waals surface area contributed by atoms with E-state index in [1.54, 1.807) is 24.3 Å². The van der Waals surface area contributed by atoms with Gasteiger partial charge in [0.2, 0.25) is 0 Å². The third-order valence-corrected chi connectivity index (χ3v) is 5.22. The SMILES string of the molecule is CC=CCc1nn(C(=O)CCCC)c(=O)n1Cc1ccc(-c2ccccc2C(=O)O)cc1. The van der Waals surface area contributed by atoms with Gasteiger partial charge in [-0.1, -0.05) is 68.0 Å². The second-order valence-electron chi connectivity index (χ2n) is 7.51. The Morgan fingerprint density at radius 2 is 1.81 bits per heavy atom. The summed E-state index contributed by atoms with van der Waals surface area (Å²) in [6.45, 7) is 4.15. The molecule has 0 bridgehead atoms. The van der Waals surface area contributed by atoms with Crippen molar-refractivity contribution in [3.05, 3.63) is 88.1 Å². The molecule has 0 aliphatic rings. The Bertz CT molecular complexity index is 1190. The normalized spacial score (nSPS) is 11.2. The van der Waals surface area contributed by atoms with Crippen molar-refractivity contribution in [2.45, 2.75) is 46.1 Å². The van der Waals surface area contributed by atoms with Crippen molar-refractivity contribution in [3.63, 3.8) is 0 Å². The Kier molecular flexibility index (Phi) is 7.54. The van der Waals surface area contributed by atoms with Gasteiger partial charge in [0.1, 0.15) is 5.82 Å². The molecular formula is C25H27N3O4. The van der Waals surface area contributed by atoms with Gasteiger partial charge in [-0.15, -0.1) is 9.78 Å². The molecule has 32 heavy (non-hydrogen) atoms. The van der Waals surface area contributed by atoms with E-state index in [9.17, 15) is 19.5 Å². The lowest BCUT2D eigenvalue weighted by molar-refractivity contribution is 0.0697. The molecule has 0 unspecified atom stereocenters. The first kappa shape index (κ1) is 22.9. The van der Waals surface area contributed by atoms with Crippen LogP contribution in [0.4, 0.5) is 0 Å². The number of unbranched alkanes of at least 4 members (excludes halogenated alkanes) is 1. The maximum absolute atomic E-state index is 12.9. The van der Waals surface area contributed by atoms with Crippen LogP contribution in [0.3, 0.4) is 0 Å². The lowest BCUT2D eigenvalue weighted by Gasteiger charge is -2.08. The van der Waals surface area contributed by atoms with Crippen LogP contribution >= 0.6 is 0 Å². The molecule has 7 nitrogen and oxygen atoms in total. The van der Waals surface area contributed by atoms with Gasteiger partial charge in [-0.2, -0.15) is 0 Å². The van der Waals surface area contributed by atoms with Crippen LogP contribution in [0.5, 0.6) is 0 Å². The molecule has 0 spiro atoms. The molecule has 1 heterocycles. The fraction of sp³-hybridized carbons (Fsp3) is 0.280. The van der Waals surface area contributed by atoms with Crippen LogP contribution in [0.2, 0.25) is 0 Å². The van der Waals surface area contributed by atoms with Gasteiger partial charge in [0.05, 0.1) is 12.1 Å². The summed E-state index contributed by atoms with van der Waals surface area (Å²) in [6.07, 6.45) is 6.08. The molecule has 3 aromatic rings. The van der Waals surface area contributed by atoms with Gasteiger partial charge in [-0.05, 0) is 36.1 Å². The summed E-state index contributed by atoms with van der Waals surface area (Å²) in [5.41, 5.74) is 2.05. The first-order valence-corrected chi connectivity index (χ1v) is 10.7. The largest absolute Gasteiger partial charge is 0.478 e. The van der Waals surface area contributed by atoms with Gasteiger partial charge in [0, 0.05) is 12.8 Å². The molecular weight excluding hydrogens is 406 g/mol. The molecule has 3 rings (SSSR count). The summed E-state index contributed by atoms with van der Waals surface area (Å²) in [4.78, 5) is 36.9. The zero-order valence-electron chi connectivity index (χ0n) is 18.3. The van der Waals surface area contributed by atoms with Crippen LogP contribution in [-0.2, 0) is 13.0 Å². The predicted octanol–water partition coefficient (Wildman–Crippen LogP) is 4.41. The average molecular weight is 434 g/mol. The quantitative estimate of drug-likeness (QED) is 0.505.